The van der Waals surface area contributed by atoms with Crippen LogP contribution in [0.15, 0.2) is 30.6 Å². The molecule has 0 saturated heterocycles. The molecule has 0 unspecified atom stereocenters. The van der Waals surface area contributed by atoms with Gasteiger partial charge in [0.2, 0.25) is 0 Å². The Morgan fingerprint density at radius 3 is 2.94 bits per heavy atom. The molecule has 0 aromatic carbocycles. The molecule has 0 aliphatic carbocycles. The molecule has 0 fully saturated rings. The van der Waals surface area contributed by atoms with Crippen LogP contribution in [0.2, 0.25) is 0 Å². The van der Waals surface area contributed by atoms with Gasteiger partial charge in [0.1, 0.15) is 0 Å². The van der Waals surface area contributed by atoms with Crippen LogP contribution in [-0.2, 0) is 13.0 Å². The number of nitrogens with zero attached hydrogens (tertiary/aromatic N) is 4. The fourth-order valence-corrected chi connectivity index (χ4v) is 1.28. The summed E-state index contributed by atoms with van der Waals surface area (Å²) >= 11 is 0. The topological polar surface area (TPSA) is 80.9 Å². The Kier molecular flexibility index (Phi) is 2.90. The van der Waals surface area contributed by atoms with Gasteiger partial charge in [-0.15, -0.1) is 5.10 Å². The number of pyridine rings is 1. The van der Waals surface area contributed by atoms with Gasteiger partial charge in [-0.2, -0.15) is 0 Å². The van der Waals surface area contributed by atoms with Crippen LogP contribution in [0.25, 0.3) is 0 Å². The highest BCUT2D eigenvalue weighted by molar-refractivity contribution is 5.84. The molecule has 2 aromatic heterocycles. The summed E-state index contributed by atoms with van der Waals surface area (Å²) < 4.78 is 1.50. The highest BCUT2D eigenvalue weighted by Gasteiger charge is 2.07. The lowest BCUT2D eigenvalue weighted by Crippen LogP contribution is -2.03. The number of carboxylic acids is 1. The van der Waals surface area contributed by atoms with Crippen molar-refractivity contribution < 1.29 is 9.90 Å². The minimum atomic E-state index is -1.07. The van der Waals surface area contributed by atoms with E-state index in [0.29, 0.717) is 13.0 Å². The van der Waals surface area contributed by atoms with E-state index in [1.165, 1.54) is 10.9 Å². The zero-order valence-corrected chi connectivity index (χ0v) is 8.45. The van der Waals surface area contributed by atoms with Crippen LogP contribution in [0.1, 0.15) is 16.2 Å². The SMILES string of the molecule is O=C(O)c1cn(CCc2ccccn2)nn1. The van der Waals surface area contributed by atoms with Gasteiger partial charge in [-0.05, 0) is 12.1 Å². The van der Waals surface area contributed by atoms with Crippen molar-refractivity contribution >= 4 is 5.97 Å². The van der Waals surface area contributed by atoms with Crippen molar-refractivity contribution in [3.63, 3.8) is 0 Å². The zero-order valence-electron chi connectivity index (χ0n) is 8.45. The molecular formula is C10H10N4O2. The summed E-state index contributed by atoms with van der Waals surface area (Å²) in [6.45, 7) is 0.567. The minimum absolute atomic E-state index is 0.0407. The van der Waals surface area contributed by atoms with E-state index in [-0.39, 0.29) is 5.69 Å². The minimum Gasteiger partial charge on any atom is -0.476 e. The highest BCUT2D eigenvalue weighted by Crippen LogP contribution is 1.98. The molecule has 0 bridgehead atoms. The highest BCUT2D eigenvalue weighted by atomic mass is 16.4. The molecule has 0 atom stereocenters. The molecule has 0 radical (unpaired) electrons. The predicted octanol–water partition coefficient (Wildman–Crippen LogP) is 0.614. The second-order valence-electron chi connectivity index (χ2n) is 3.24. The van der Waals surface area contributed by atoms with Gasteiger partial charge in [0.25, 0.3) is 0 Å². The van der Waals surface area contributed by atoms with Crippen molar-refractivity contribution in [1.82, 2.24) is 20.0 Å². The number of hydrogen-bond donors (Lipinski definition) is 1. The molecular weight excluding hydrogens is 208 g/mol. The van der Waals surface area contributed by atoms with E-state index >= 15 is 0 Å². The number of carbonyl (C=O) groups is 1. The summed E-state index contributed by atoms with van der Waals surface area (Å²) in [4.78, 5) is 14.7. The number of aromatic nitrogens is 4. The lowest BCUT2D eigenvalue weighted by molar-refractivity contribution is 0.0690. The molecule has 6 nitrogen and oxygen atoms in total. The average Bonchev–Trinajstić information content (AvgIpc) is 2.76. The maximum atomic E-state index is 10.6. The van der Waals surface area contributed by atoms with Crippen LogP contribution in [0.5, 0.6) is 0 Å². The predicted molar refractivity (Wildman–Crippen MR) is 54.9 cm³/mol. The first-order chi connectivity index (χ1) is 7.75. The van der Waals surface area contributed by atoms with Gasteiger partial charge >= 0.3 is 5.97 Å². The van der Waals surface area contributed by atoms with E-state index in [2.05, 4.69) is 15.3 Å². The lowest BCUT2D eigenvalue weighted by Gasteiger charge is -1.99. The van der Waals surface area contributed by atoms with E-state index in [0.717, 1.165) is 5.69 Å². The molecule has 0 aliphatic heterocycles. The van der Waals surface area contributed by atoms with Crippen molar-refractivity contribution in [2.24, 2.45) is 0 Å². The molecule has 0 spiro atoms. The molecule has 6 heteroatoms. The Morgan fingerprint density at radius 1 is 1.44 bits per heavy atom. The van der Waals surface area contributed by atoms with Gasteiger partial charge in [-0.25, -0.2) is 4.79 Å². The van der Waals surface area contributed by atoms with Crippen LogP contribution in [0.3, 0.4) is 0 Å². The number of aryl methyl sites for hydroxylation is 2. The van der Waals surface area contributed by atoms with Crippen LogP contribution in [-0.4, -0.2) is 31.1 Å². The third-order valence-electron chi connectivity index (χ3n) is 2.08. The maximum Gasteiger partial charge on any atom is 0.358 e. The summed E-state index contributed by atoms with van der Waals surface area (Å²) in [6.07, 6.45) is 3.83. The Labute approximate surface area is 91.6 Å². The summed E-state index contributed by atoms with van der Waals surface area (Å²) in [7, 11) is 0. The summed E-state index contributed by atoms with van der Waals surface area (Å²) in [5, 5.41) is 15.9. The third kappa shape index (κ3) is 2.41. The Hall–Kier alpha value is -2.24. The molecule has 2 aromatic rings. The van der Waals surface area contributed by atoms with Crippen molar-refractivity contribution in [2.75, 3.05) is 0 Å². The molecule has 2 heterocycles. The zero-order chi connectivity index (χ0) is 11.4. The van der Waals surface area contributed by atoms with Crippen molar-refractivity contribution in [3.8, 4) is 0 Å². The third-order valence-corrected chi connectivity index (χ3v) is 2.08. The van der Waals surface area contributed by atoms with Gasteiger partial charge in [0.15, 0.2) is 5.69 Å². The Balaban J connectivity index is 1.97. The van der Waals surface area contributed by atoms with Crippen molar-refractivity contribution in [3.05, 3.63) is 42.0 Å². The normalized spacial score (nSPS) is 10.2. The second kappa shape index (κ2) is 4.52. The first-order valence-corrected chi connectivity index (χ1v) is 4.79. The average molecular weight is 218 g/mol. The van der Waals surface area contributed by atoms with Crippen LogP contribution >= 0.6 is 0 Å². The number of hydrogen-bond acceptors (Lipinski definition) is 4. The molecule has 16 heavy (non-hydrogen) atoms. The van der Waals surface area contributed by atoms with Gasteiger partial charge < -0.3 is 5.11 Å². The summed E-state index contributed by atoms with van der Waals surface area (Å²) in [6, 6.07) is 5.67. The molecule has 2 rings (SSSR count). The Bertz CT molecular complexity index is 481. The molecule has 0 amide bonds. The molecule has 82 valence electrons. The van der Waals surface area contributed by atoms with Crippen molar-refractivity contribution in [1.29, 1.82) is 0 Å². The monoisotopic (exact) mass is 218 g/mol. The van der Waals surface area contributed by atoms with Gasteiger partial charge in [-0.3, -0.25) is 9.67 Å². The van der Waals surface area contributed by atoms with Crippen LogP contribution < -0.4 is 0 Å². The van der Waals surface area contributed by atoms with E-state index in [1.807, 2.05) is 18.2 Å². The van der Waals surface area contributed by atoms with Crippen LogP contribution in [0, 0.1) is 0 Å². The number of rotatable bonds is 4. The van der Waals surface area contributed by atoms with Crippen molar-refractivity contribution in [2.45, 2.75) is 13.0 Å². The quantitative estimate of drug-likeness (QED) is 0.813. The summed E-state index contributed by atoms with van der Waals surface area (Å²) in [5.74, 6) is -1.07. The largest absolute Gasteiger partial charge is 0.476 e. The molecule has 0 aliphatic rings. The molecule has 0 saturated carbocycles. The number of carboxylic acid groups (broad SMARTS) is 1. The van der Waals surface area contributed by atoms with Gasteiger partial charge in [-0.1, -0.05) is 11.3 Å². The maximum absolute atomic E-state index is 10.6. The standard InChI is InChI=1S/C10H10N4O2/c15-10(16)9-7-14(13-12-9)6-4-8-3-1-2-5-11-8/h1-3,5,7H,4,6H2,(H,15,16). The van der Waals surface area contributed by atoms with Gasteiger partial charge in [0.05, 0.1) is 6.20 Å². The first-order valence-electron chi connectivity index (χ1n) is 4.79. The smallest absolute Gasteiger partial charge is 0.358 e. The fraction of sp³-hybridized carbons (Fsp3) is 0.200. The van der Waals surface area contributed by atoms with Crippen LogP contribution in [0.4, 0.5) is 0 Å². The van der Waals surface area contributed by atoms with E-state index in [1.54, 1.807) is 6.20 Å². The van der Waals surface area contributed by atoms with E-state index < -0.39 is 5.97 Å². The second-order valence-corrected chi connectivity index (χ2v) is 3.24. The Morgan fingerprint density at radius 2 is 2.31 bits per heavy atom. The summed E-state index contributed by atoms with van der Waals surface area (Å²) in [5.41, 5.74) is 0.899. The molecule has 1 N–H and O–H groups in total. The fourth-order valence-electron chi connectivity index (χ4n) is 1.28. The first kappa shape index (κ1) is 10.3. The van der Waals surface area contributed by atoms with E-state index in [4.69, 9.17) is 5.11 Å². The van der Waals surface area contributed by atoms with Gasteiger partial charge in [0, 0.05) is 24.9 Å². The lowest BCUT2D eigenvalue weighted by atomic mass is 10.3. The number of aromatic carboxylic acids is 1. The van der Waals surface area contributed by atoms with E-state index in [9.17, 15) is 4.79 Å².